The smallest absolute Gasteiger partial charge is 0.407 e. The summed E-state index contributed by atoms with van der Waals surface area (Å²) < 4.78 is 21.9. The van der Waals surface area contributed by atoms with E-state index in [0.29, 0.717) is 30.1 Å². The van der Waals surface area contributed by atoms with Crippen molar-refractivity contribution in [1.29, 1.82) is 0 Å². The summed E-state index contributed by atoms with van der Waals surface area (Å²) in [6.07, 6.45) is 3.24. The van der Waals surface area contributed by atoms with Crippen molar-refractivity contribution < 1.29 is 19.0 Å². The number of pyridine rings is 2. The first kappa shape index (κ1) is 20.2. The SMILES string of the molecule is C[C@@H](Oc1cc(-c2cc3n(n2)CC[C@@]32CCN(C(=O)O)C2)cnc1N)c1ncccc1F. The van der Waals surface area contributed by atoms with Crippen LogP contribution in [0.15, 0.2) is 36.7 Å². The molecule has 0 unspecified atom stereocenters. The summed E-state index contributed by atoms with van der Waals surface area (Å²) in [4.78, 5) is 21.2. The van der Waals surface area contributed by atoms with Gasteiger partial charge in [-0.1, -0.05) is 0 Å². The van der Waals surface area contributed by atoms with Gasteiger partial charge in [0.05, 0.1) is 5.69 Å². The lowest BCUT2D eigenvalue weighted by molar-refractivity contribution is 0.153. The number of aryl methyl sites for hydroxylation is 1. The number of likely N-dealkylation sites (tertiary alicyclic amines) is 1. The molecule has 0 saturated carbocycles. The minimum atomic E-state index is -0.886. The fourth-order valence-electron chi connectivity index (χ4n) is 4.68. The maximum absolute atomic E-state index is 14.1. The van der Waals surface area contributed by atoms with Crippen LogP contribution in [0, 0.1) is 5.82 Å². The van der Waals surface area contributed by atoms with Crippen LogP contribution < -0.4 is 10.5 Å². The molecule has 0 radical (unpaired) electrons. The number of halogens is 1. The summed E-state index contributed by atoms with van der Waals surface area (Å²) in [7, 11) is 0. The van der Waals surface area contributed by atoms with E-state index in [1.807, 2.05) is 10.7 Å². The van der Waals surface area contributed by atoms with E-state index in [1.54, 1.807) is 19.2 Å². The maximum atomic E-state index is 14.1. The van der Waals surface area contributed by atoms with Crippen LogP contribution in [-0.4, -0.2) is 48.9 Å². The lowest BCUT2D eigenvalue weighted by atomic mass is 9.82. The molecule has 2 aliphatic heterocycles. The van der Waals surface area contributed by atoms with Crippen molar-refractivity contribution >= 4 is 11.9 Å². The molecule has 166 valence electrons. The van der Waals surface area contributed by atoms with Gasteiger partial charge >= 0.3 is 6.09 Å². The Morgan fingerprint density at radius 2 is 2.12 bits per heavy atom. The largest absolute Gasteiger partial charge is 0.480 e. The summed E-state index contributed by atoms with van der Waals surface area (Å²) in [6.45, 7) is 3.44. The van der Waals surface area contributed by atoms with Gasteiger partial charge in [0.2, 0.25) is 0 Å². The topological polar surface area (TPSA) is 119 Å². The highest BCUT2D eigenvalue weighted by atomic mass is 19.1. The Labute approximate surface area is 183 Å². The number of aromatic nitrogens is 4. The van der Waals surface area contributed by atoms with Crippen molar-refractivity contribution in [2.45, 2.75) is 37.8 Å². The molecule has 9 nitrogen and oxygen atoms in total. The molecule has 3 aromatic rings. The summed E-state index contributed by atoms with van der Waals surface area (Å²) >= 11 is 0. The minimum Gasteiger partial charge on any atom is -0.480 e. The monoisotopic (exact) mass is 438 g/mol. The van der Waals surface area contributed by atoms with Gasteiger partial charge in [-0.05, 0) is 44.0 Å². The second-order valence-electron chi connectivity index (χ2n) is 8.36. The normalized spacial score (nSPS) is 20.5. The summed E-state index contributed by atoms with van der Waals surface area (Å²) in [5.74, 6) is 0.0550. The lowest BCUT2D eigenvalue weighted by Crippen LogP contribution is -2.32. The molecule has 1 saturated heterocycles. The molecule has 0 bridgehead atoms. The highest BCUT2D eigenvalue weighted by molar-refractivity contribution is 5.67. The predicted molar refractivity (Wildman–Crippen MR) is 114 cm³/mol. The second-order valence-corrected chi connectivity index (χ2v) is 8.36. The average molecular weight is 438 g/mol. The van der Waals surface area contributed by atoms with Gasteiger partial charge < -0.3 is 20.5 Å². The van der Waals surface area contributed by atoms with Crippen LogP contribution in [0.25, 0.3) is 11.3 Å². The Morgan fingerprint density at radius 3 is 2.88 bits per heavy atom. The molecular weight excluding hydrogens is 415 g/mol. The Balaban J connectivity index is 1.42. The lowest BCUT2D eigenvalue weighted by Gasteiger charge is -2.22. The van der Waals surface area contributed by atoms with Gasteiger partial charge in [-0.25, -0.2) is 14.2 Å². The Bertz CT molecular complexity index is 1200. The molecule has 0 aliphatic carbocycles. The molecule has 3 aromatic heterocycles. The fraction of sp³-hybridized carbons (Fsp3) is 0.364. The van der Waals surface area contributed by atoms with E-state index in [0.717, 1.165) is 25.1 Å². The van der Waals surface area contributed by atoms with Gasteiger partial charge in [0, 0.05) is 48.7 Å². The zero-order chi connectivity index (χ0) is 22.5. The van der Waals surface area contributed by atoms with Crippen LogP contribution in [0.2, 0.25) is 0 Å². The van der Waals surface area contributed by atoms with Gasteiger partial charge in [-0.3, -0.25) is 9.67 Å². The van der Waals surface area contributed by atoms with Crippen molar-refractivity contribution in [2.24, 2.45) is 0 Å². The van der Waals surface area contributed by atoms with Crippen LogP contribution in [0.4, 0.5) is 15.0 Å². The number of carbonyl (C=O) groups is 1. The van der Waals surface area contributed by atoms with Crippen molar-refractivity contribution in [1.82, 2.24) is 24.6 Å². The number of fused-ring (bicyclic) bond motifs is 2. The van der Waals surface area contributed by atoms with Gasteiger partial charge in [0.15, 0.2) is 11.6 Å². The molecule has 2 aliphatic rings. The molecule has 1 fully saturated rings. The number of amides is 1. The Kier molecular flexibility index (Phi) is 4.72. The summed E-state index contributed by atoms with van der Waals surface area (Å²) in [5.41, 5.74) is 8.46. The number of carboxylic acid groups (broad SMARTS) is 1. The van der Waals surface area contributed by atoms with Gasteiger partial charge in [-0.2, -0.15) is 5.10 Å². The average Bonchev–Trinajstić information content (AvgIpc) is 3.47. The Hall–Kier alpha value is -3.69. The molecular formula is C22H23FN6O3. The highest BCUT2D eigenvalue weighted by Gasteiger charge is 2.47. The number of nitrogens with two attached hydrogens (primary N) is 1. The van der Waals surface area contributed by atoms with E-state index in [-0.39, 0.29) is 16.9 Å². The summed E-state index contributed by atoms with van der Waals surface area (Å²) in [6, 6.07) is 6.59. The van der Waals surface area contributed by atoms with Crippen molar-refractivity contribution in [3.8, 4) is 17.0 Å². The van der Waals surface area contributed by atoms with Gasteiger partial charge in [-0.15, -0.1) is 0 Å². The van der Waals surface area contributed by atoms with Gasteiger partial charge in [0.1, 0.15) is 17.6 Å². The number of hydrogen-bond donors (Lipinski definition) is 2. The van der Waals surface area contributed by atoms with Crippen LogP contribution in [0.1, 0.15) is 37.3 Å². The molecule has 10 heteroatoms. The molecule has 32 heavy (non-hydrogen) atoms. The minimum absolute atomic E-state index is 0.185. The zero-order valence-corrected chi connectivity index (χ0v) is 17.5. The first-order valence-electron chi connectivity index (χ1n) is 10.5. The fourth-order valence-corrected chi connectivity index (χ4v) is 4.68. The van der Waals surface area contributed by atoms with Crippen LogP contribution in [0.5, 0.6) is 5.75 Å². The first-order chi connectivity index (χ1) is 15.4. The molecule has 5 rings (SSSR count). The third kappa shape index (κ3) is 3.31. The number of anilines is 1. The molecule has 1 amide bonds. The van der Waals surface area contributed by atoms with Crippen molar-refractivity contribution in [3.05, 3.63) is 53.9 Å². The molecule has 2 atom stereocenters. The third-order valence-electron chi connectivity index (χ3n) is 6.40. The quantitative estimate of drug-likeness (QED) is 0.642. The Morgan fingerprint density at radius 1 is 1.31 bits per heavy atom. The highest BCUT2D eigenvalue weighted by Crippen LogP contribution is 2.44. The van der Waals surface area contributed by atoms with E-state index < -0.39 is 18.0 Å². The number of hydrogen-bond acceptors (Lipinski definition) is 6. The van der Waals surface area contributed by atoms with E-state index >= 15 is 0 Å². The van der Waals surface area contributed by atoms with Gasteiger partial charge in [0.25, 0.3) is 0 Å². The van der Waals surface area contributed by atoms with E-state index in [1.165, 1.54) is 23.2 Å². The zero-order valence-electron chi connectivity index (χ0n) is 17.5. The molecule has 5 heterocycles. The second kappa shape index (κ2) is 7.47. The number of rotatable bonds is 4. The predicted octanol–water partition coefficient (Wildman–Crippen LogP) is 3.23. The summed E-state index contributed by atoms with van der Waals surface area (Å²) in [5, 5.41) is 14.1. The van der Waals surface area contributed by atoms with E-state index in [4.69, 9.17) is 15.6 Å². The molecule has 1 spiro atoms. The van der Waals surface area contributed by atoms with Crippen LogP contribution in [-0.2, 0) is 12.0 Å². The van der Waals surface area contributed by atoms with E-state index in [9.17, 15) is 14.3 Å². The maximum Gasteiger partial charge on any atom is 0.407 e. The number of nitrogens with zero attached hydrogens (tertiary/aromatic N) is 5. The molecule has 3 N–H and O–H groups in total. The van der Waals surface area contributed by atoms with Crippen LogP contribution >= 0.6 is 0 Å². The third-order valence-corrected chi connectivity index (χ3v) is 6.40. The number of nitrogen functional groups attached to an aromatic ring is 1. The first-order valence-corrected chi connectivity index (χ1v) is 10.5. The van der Waals surface area contributed by atoms with E-state index in [2.05, 4.69) is 9.97 Å². The van der Waals surface area contributed by atoms with Crippen molar-refractivity contribution in [2.75, 3.05) is 18.8 Å². The molecule has 0 aromatic carbocycles. The standard InChI is InChI=1S/C22H23FN6O3/c1-13(19-15(23)3-2-6-25-19)32-17-9-14(11-26-20(17)24)16-10-18-22(5-8-29(18)27-16)4-7-28(12-22)21(30)31/h2-3,6,9-11,13H,4-5,7-8,12H2,1H3,(H2,24,26)(H,30,31)/t13-,22-/m1/s1. The van der Waals surface area contributed by atoms with Crippen LogP contribution in [0.3, 0.4) is 0 Å². The number of ether oxygens (including phenoxy) is 1. The van der Waals surface area contributed by atoms with Crippen molar-refractivity contribution in [3.63, 3.8) is 0 Å².